The van der Waals surface area contributed by atoms with E-state index in [1.54, 1.807) is 0 Å². The average molecular weight is 272 g/mol. The van der Waals surface area contributed by atoms with E-state index in [9.17, 15) is 0 Å². The lowest BCUT2D eigenvalue weighted by atomic mass is 10.0. The van der Waals surface area contributed by atoms with Crippen LogP contribution in [0, 0.1) is 0 Å². The van der Waals surface area contributed by atoms with Gasteiger partial charge in [0.05, 0.1) is 0 Å². The van der Waals surface area contributed by atoms with Crippen LogP contribution in [0.1, 0.15) is 31.1 Å². The molecule has 0 aliphatic carbocycles. The van der Waals surface area contributed by atoms with Crippen molar-refractivity contribution in [3.05, 3.63) is 65.7 Å². The highest BCUT2D eigenvalue weighted by Gasteiger charge is 2.38. The number of hydrogen-bond donors (Lipinski definition) is 0. The first-order valence-corrected chi connectivity index (χ1v) is 8.81. The van der Waals surface area contributed by atoms with E-state index < -0.39 is 10.3 Å². The van der Waals surface area contributed by atoms with Gasteiger partial charge in [-0.2, -0.15) is 0 Å². The van der Waals surface area contributed by atoms with Gasteiger partial charge in [0.1, 0.15) is 6.10 Å². The topological polar surface area (TPSA) is 9.23 Å². The van der Waals surface area contributed by atoms with Crippen LogP contribution >= 0.6 is 10.3 Å². The van der Waals surface area contributed by atoms with Crippen LogP contribution in [0.25, 0.3) is 0 Å². The van der Waals surface area contributed by atoms with E-state index >= 15 is 0 Å². The lowest BCUT2D eigenvalue weighted by Gasteiger charge is -2.34. The molecule has 0 aromatic heterocycles. The number of hydrogen-bond acceptors (Lipinski definition) is 1. The minimum Gasteiger partial charge on any atom is -0.320 e. The molecule has 1 aliphatic rings. The average Bonchev–Trinajstić information content (AvgIpc) is 2.84. The van der Waals surface area contributed by atoms with Crippen molar-refractivity contribution in [3.8, 4) is 0 Å². The fourth-order valence-corrected chi connectivity index (χ4v) is 5.76. The minimum atomic E-state index is -1.09. The van der Waals surface area contributed by atoms with Crippen LogP contribution in [0.5, 0.6) is 0 Å². The van der Waals surface area contributed by atoms with E-state index in [0.29, 0.717) is 0 Å². The Kier molecular flexibility index (Phi) is 3.38. The van der Waals surface area contributed by atoms with Crippen molar-refractivity contribution in [1.29, 1.82) is 0 Å². The Morgan fingerprint density at radius 3 is 2.21 bits per heavy atom. The molecule has 0 saturated carbocycles. The summed E-state index contributed by atoms with van der Waals surface area (Å²) in [4.78, 5) is 1.45. The molecule has 2 aromatic carbocycles. The molecule has 100 valence electrons. The predicted octanol–water partition coefficient (Wildman–Crippen LogP) is 4.92. The van der Waals surface area contributed by atoms with Crippen LogP contribution in [0.15, 0.2) is 59.5 Å². The zero-order valence-electron chi connectivity index (χ0n) is 11.5. The van der Waals surface area contributed by atoms with Crippen molar-refractivity contribution in [2.75, 3.05) is 11.5 Å². The molecule has 1 nitrogen and oxygen atoms in total. The predicted molar refractivity (Wildman–Crippen MR) is 82.8 cm³/mol. The second-order valence-electron chi connectivity index (χ2n) is 4.81. The minimum absolute atomic E-state index is 0.118. The molecular weight excluding hydrogens is 252 g/mol. The fraction of sp³-hybridized carbons (Fsp3) is 0.294. The maximum atomic E-state index is 6.59. The van der Waals surface area contributed by atoms with Crippen molar-refractivity contribution >= 4 is 10.3 Å². The van der Waals surface area contributed by atoms with Crippen molar-refractivity contribution in [1.82, 2.24) is 0 Å². The maximum absolute atomic E-state index is 6.59. The summed E-state index contributed by atoms with van der Waals surface area (Å²) in [5.74, 6) is 2.20. The molecule has 1 aliphatic heterocycles. The molecule has 2 heteroatoms. The van der Waals surface area contributed by atoms with Crippen LogP contribution in [-0.4, -0.2) is 11.5 Å². The van der Waals surface area contributed by atoms with Crippen molar-refractivity contribution in [3.63, 3.8) is 0 Å². The number of benzene rings is 2. The van der Waals surface area contributed by atoms with Gasteiger partial charge in [-0.1, -0.05) is 62.4 Å². The van der Waals surface area contributed by atoms with Gasteiger partial charge in [0.2, 0.25) is 0 Å². The van der Waals surface area contributed by atoms with Crippen molar-refractivity contribution < 1.29 is 4.18 Å². The first-order valence-electron chi connectivity index (χ1n) is 6.91. The highest BCUT2D eigenvalue weighted by molar-refractivity contribution is 8.30. The van der Waals surface area contributed by atoms with E-state index in [2.05, 4.69) is 68.4 Å². The summed E-state index contributed by atoms with van der Waals surface area (Å²) in [6, 6.07) is 19.3. The second-order valence-corrected chi connectivity index (χ2v) is 8.22. The van der Waals surface area contributed by atoms with Gasteiger partial charge in [0.25, 0.3) is 0 Å². The summed E-state index contributed by atoms with van der Waals surface area (Å²) in [5.41, 5.74) is 2.64. The maximum Gasteiger partial charge on any atom is 0.122 e. The van der Waals surface area contributed by atoms with Crippen LogP contribution in [-0.2, 0) is 4.18 Å². The molecule has 0 bridgehead atoms. The monoisotopic (exact) mass is 272 g/mol. The first-order chi connectivity index (χ1) is 9.30. The van der Waals surface area contributed by atoms with Gasteiger partial charge in [-0.05, 0) is 11.6 Å². The van der Waals surface area contributed by atoms with E-state index in [0.717, 1.165) is 11.5 Å². The normalized spacial score (nSPS) is 21.9. The highest BCUT2D eigenvalue weighted by Crippen LogP contribution is 2.66. The second kappa shape index (κ2) is 5.03. The van der Waals surface area contributed by atoms with E-state index in [4.69, 9.17) is 4.18 Å². The SMILES string of the molecule is CCS1(CC)OC(c2ccccc2)c2ccccc21. The van der Waals surface area contributed by atoms with Crippen molar-refractivity contribution in [2.45, 2.75) is 24.8 Å². The Labute approximate surface area is 117 Å². The molecule has 2 aromatic rings. The first kappa shape index (κ1) is 12.8. The summed E-state index contributed by atoms with van der Waals surface area (Å²) in [7, 11) is -1.09. The van der Waals surface area contributed by atoms with Gasteiger partial charge >= 0.3 is 0 Å². The Morgan fingerprint density at radius 2 is 1.53 bits per heavy atom. The molecule has 1 atom stereocenters. The van der Waals surface area contributed by atoms with Gasteiger partial charge in [0.15, 0.2) is 0 Å². The Hall–Kier alpha value is -1.25. The van der Waals surface area contributed by atoms with Crippen LogP contribution < -0.4 is 0 Å². The Morgan fingerprint density at radius 1 is 0.895 bits per heavy atom. The molecular formula is C17H20OS. The van der Waals surface area contributed by atoms with E-state index in [-0.39, 0.29) is 6.10 Å². The lowest BCUT2D eigenvalue weighted by molar-refractivity contribution is 0.296. The van der Waals surface area contributed by atoms with E-state index in [1.807, 2.05) is 0 Å². The fourth-order valence-electron chi connectivity index (χ4n) is 2.84. The molecule has 0 saturated heterocycles. The van der Waals surface area contributed by atoms with Gasteiger partial charge in [-0.15, -0.1) is 10.3 Å². The lowest BCUT2D eigenvalue weighted by Crippen LogP contribution is -2.06. The summed E-state index contributed by atoms with van der Waals surface area (Å²) < 4.78 is 6.59. The zero-order valence-corrected chi connectivity index (χ0v) is 12.3. The third kappa shape index (κ3) is 1.99. The summed E-state index contributed by atoms with van der Waals surface area (Å²) >= 11 is 0. The highest BCUT2D eigenvalue weighted by atomic mass is 32.3. The molecule has 0 N–H and O–H groups in total. The third-order valence-electron chi connectivity index (χ3n) is 3.92. The summed E-state index contributed by atoms with van der Waals surface area (Å²) in [6.07, 6.45) is 0.118. The molecule has 0 fully saturated rings. The standard InChI is InChI=1S/C17H20OS/c1-3-19(4-2)16-13-9-8-12-15(16)17(18-19)14-10-6-5-7-11-14/h5-13,17H,3-4H2,1-2H3. The Balaban J connectivity index is 2.12. The van der Waals surface area contributed by atoms with Gasteiger partial charge in [0, 0.05) is 22.0 Å². The molecule has 1 unspecified atom stereocenters. The molecule has 0 amide bonds. The quantitative estimate of drug-likeness (QED) is 0.770. The van der Waals surface area contributed by atoms with Crippen LogP contribution in [0.2, 0.25) is 0 Å². The van der Waals surface area contributed by atoms with E-state index in [1.165, 1.54) is 16.0 Å². The number of rotatable bonds is 3. The summed E-state index contributed by atoms with van der Waals surface area (Å²) in [6.45, 7) is 4.51. The van der Waals surface area contributed by atoms with Gasteiger partial charge < -0.3 is 4.18 Å². The smallest absolute Gasteiger partial charge is 0.122 e. The van der Waals surface area contributed by atoms with Crippen LogP contribution in [0.4, 0.5) is 0 Å². The van der Waals surface area contributed by atoms with Crippen molar-refractivity contribution in [2.24, 2.45) is 0 Å². The third-order valence-corrected chi connectivity index (χ3v) is 7.52. The molecule has 0 radical (unpaired) electrons. The van der Waals surface area contributed by atoms with Gasteiger partial charge in [-0.25, -0.2) is 0 Å². The summed E-state index contributed by atoms with van der Waals surface area (Å²) in [5, 5.41) is 0. The van der Waals surface area contributed by atoms with Crippen LogP contribution in [0.3, 0.4) is 0 Å². The molecule has 0 spiro atoms. The van der Waals surface area contributed by atoms with Gasteiger partial charge in [-0.3, -0.25) is 0 Å². The molecule has 19 heavy (non-hydrogen) atoms. The molecule has 3 rings (SSSR count). The number of fused-ring (bicyclic) bond motifs is 1. The Bertz CT molecular complexity index is 560. The molecule has 1 heterocycles. The zero-order chi connectivity index (χ0) is 13.3. The largest absolute Gasteiger partial charge is 0.320 e.